The quantitative estimate of drug-likeness (QED) is 0.294. The molecular weight excluding hydrogens is 452 g/mol. The maximum Gasteiger partial charge on any atom is 0.161 e. The van der Waals surface area contributed by atoms with E-state index in [-0.39, 0.29) is 0 Å². The highest BCUT2D eigenvalue weighted by Crippen LogP contribution is 2.34. The van der Waals surface area contributed by atoms with Crippen molar-refractivity contribution in [1.29, 1.82) is 0 Å². The van der Waals surface area contributed by atoms with Crippen molar-refractivity contribution in [3.05, 3.63) is 103 Å². The molecule has 0 bridgehead atoms. The number of nitrogens with one attached hydrogen (secondary N) is 1. The van der Waals surface area contributed by atoms with Gasteiger partial charge in [0.2, 0.25) is 0 Å². The summed E-state index contributed by atoms with van der Waals surface area (Å²) in [5.41, 5.74) is 5.49. The van der Waals surface area contributed by atoms with Crippen LogP contribution in [0.1, 0.15) is 5.69 Å². The van der Waals surface area contributed by atoms with Gasteiger partial charge in [-0.15, -0.1) is 10.2 Å². The van der Waals surface area contributed by atoms with Crippen LogP contribution in [0.15, 0.2) is 107 Å². The Kier molecular flexibility index (Phi) is 5.52. The Morgan fingerprint density at radius 2 is 1.57 bits per heavy atom. The van der Waals surface area contributed by atoms with Gasteiger partial charge in [0.15, 0.2) is 5.82 Å². The van der Waals surface area contributed by atoms with Gasteiger partial charge in [-0.1, -0.05) is 36.0 Å². The van der Waals surface area contributed by atoms with Gasteiger partial charge in [0, 0.05) is 56.1 Å². The van der Waals surface area contributed by atoms with Gasteiger partial charge in [0.1, 0.15) is 11.2 Å². The van der Waals surface area contributed by atoms with Gasteiger partial charge in [0.25, 0.3) is 0 Å². The fraction of sp³-hybridized carbons (Fsp3) is 0.0357. The monoisotopic (exact) mass is 472 g/mol. The third kappa shape index (κ3) is 4.29. The number of fused-ring (bicyclic) bond motifs is 2. The van der Waals surface area contributed by atoms with Gasteiger partial charge in [-0.05, 0) is 61.5 Å². The molecule has 4 aromatic heterocycles. The molecule has 7 heteroatoms. The first-order chi connectivity index (χ1) is 17.2. The van der Waals surface area contributed by atoms with Gasteiger partial charge in [-0.25, -0.2) is 0 Å². The summed E-state index contributed by atoms with van der Waals surface area (Å²) in [7, 11) is 0. The Bertz CT molecular complexity index is 1640. The first kappa shape index (κ1) is 21.2. The second-order valence-corrected chi connectivity index (χ2v) is 9.18. The van der Waals surface area contributed by atoms with Crippen LogP contribution < -0.4 is 5.32 Å². The highest BCUT2D eigenvalue weighted by molar-refractivity contribution is 7.99. The van der Waals surface area contributed by atoms with Crippen molar-refractivity contribution in [3.8, 4) is 11.3 Å². The van der Waals surface area contributed by atoms with E-state index < -0.39 is 0 Å². The lowest BCUT2D eigenvalue weighted by Gasteiger charge is -2.12. The lowest BCUT2D eigenvalue weighted by molar-refractivity contribution is 1.06. The lowest BCUT2D eigenvalue weighted by Crippen LogP contribution is -1.99. The van der Waals surface area contributed by atoms with Crippen LogP contribution in [0, 0.1) is 6.92 Å². The Balaban J connectivity index is 1.28. The number of nitrogens with zero attached hydrogens (tertiary/aromatic N) is 5. The number of aryl methyl sites for hydroxylation is 1. The molecule has 4 heterocycles. The molecule has 0 saturated carbocycles. The van der Waals surface area contributed by atoms with Gasteiger partial charge in [0.05, 0.1) is 5.52 Å². The first-order valence-electron chi connectivity index (χ1n) is 11.2. The summed E-state index contributed by atoms with van der Waals surface area (Å²) in [6.45, 7) is 1.97. The molecule has 0 fully saturated rings. The van der Waals surface area contributed by atoms with Crippen molar-refractivity contribution in [2.45, 2.75) is 16.7 Å². The van der Waals surface area contributed by atoms with Crippen molar-refractivity contribution >= 4 is 45.1 Å². The van der Waals surface area contributed by atoms with Gasteiger partial charge in [-0.3, -0.25) is 15.0 Å². The van der Waals surface area contributed by atoms with Crippen LogP contribution in [0.3, 0.4) is 0 Å². The normalized spacial score (nSPS) is 11.1. The molecular formula is C28H20N6S. The fourth-order valence-electron chi connectivity index (χ4n) is 3.92. The number of hydrogen-bond donors (Lipinski definition) is 1. The van der Waals surface area contributed by atoms with Crippen molar-refractivity contribution in [3.63, 3.8) is 0 Å². The maximum absolute atomic E-state index is 4.54. The van der Waals surface area contributed by atoms with Crippen LogP contribution in [-0.2, 0) is 0 Å². The molecule has 35 heavy (non-hydrogen) atoms. The van der Waals surface area contributed by atoms with Crippen LogP contribution in [-0.4, -0.2) is 25.1 Å². The molecule has 6 nitrogen and oxygen atoms in total. The van der Waals surface area contributed by atoms with E-state index in [0.29, 0.717) is 5.82 Å². The Hall–Kier alpha value is -4.36. The summed E-state index contributed by atoms with van der Waals surface area (Å²) in [6, 6.07) is 26.3. The highest BCUT2D eigenvalue weighted by atomic mass is 32.2. The lowest BCUT2D eigenvalue weighted by atomic mass is 10.1. The first-order valence-corrected chi connectivity index (χ1v) is 12.0. The van der Waals surface area contributed by atoms with Crippen LogP contribution in [0.4, 0.5) is 11.5 Å². The topological polar surface area (TPSA) is 76.5 Å². The smallest absolute Gasteiger partial charge is 0.161 e. The van der Waals surface area contributed by atoms with E-state index in [1.165, 1.54) is 0 Å². The average Bonchev–Trinajstić information content (AvgIpc) is 2.91. The maximum atomic E-state index is 4.54. The van der Waals surface area contributed by atoms with Crippen LogP contribution in [0.2, 0.25) is 0 Å². The standard InChI is InChI=1S/C28H20N6S/c1-18-8-9-19(17-31-18)26-22-5-2-3-6-23(22)28(34-33-26)32-20-10-12-21(13-11-20)35-25-14-16-29-24-7-4-15-30-27(24)25/h2-17H,1H3,(H,32,34). The second kappa shape index (κ2) is 9.12. The van der Waals surface area contributed by atoms with Crippen LogP contribution in [0.25, 0.3) is 33.1 Å². The largest absolute Gasteiger partial charge is 0.338 e. The van der Waals surface area contributed by atoms with Crippen molar-refractivity contribution in [1.82, 2.24) is 25.1 Å². The molecule has 0 aliphatic rings. The summed E-state index contributed by atoms with van der Waals surface area (Å²) in [4.78, 5) is 15.5. The van der Waals surface area contributed by atoms with E-state index >= 15 is 0 Å². The summed E-state index contributed by atoms with van der Waals surface area (Å²) in [6.07, 6.45) is 5.46. The van der Waals surface area contributed by atoms with Gasteiger partial charge in [-0.2, -0.15) is 0 Å². The zero-order chi connectivity index (χ0) is 23.6. The van der Waals surface area contributed by atoms with Crippen molar-refractivity contribution in [2.75, 3.05) is 5.32 Å². The zero-order valence-electron chi connectivity index (χ0n) is 18.9. The molecule has 2 aromatic carbocycles. The Morgan fingerprint density at radius 1 is 0.714 bits per heavy atom. The third-order valence-corrected chi connectivity index (χ3v) is 6.73. The average molecular weight is 473 g/mol. The Morgan fingerprint density at radius 3 is 2.40 bits per heavy atom. The second-order valence-electron chi connectivity index (χ2n) is 8.06. The predicted molar refractivity (Wildman–Crippen MR) is 141 cm³/mol. The number of benzene rings is 2. The van der Waals surface area contributed by atoms with E-state index in [0.717, 1.165) is 54.2 Å². The van der Waals surface area contributed by atoms with E-state index in [2.05, 4.69) is 54.7 Å². The van der Waals surface area contributed by atoms with E-state index in [4.69, 9.17) is 0 Å². The number of rotatable bonds is 5. The van der Waals surface area contributed by atoms with Gasteiger partial charge < -0.3 is 5.32 Å². The zero-order valence-corrected chi connectivity index (χ0v) is 19.7. The molecule has 0 aliphatic heterocycles. The van der Waals surface area contributed by atoms with Crippen LogP contribution in [0.5, 0.6) is 0 Å². The molecule has 168 valence electrons. The predicted octanol–water partition coefficient (Wildman–Crippen LogP) is 6.84. The highest BCUT2D eigenvalue weighted by Gasteiger charge is 2.12. The summed E-state index contributed by atoms with van der Waals surface area (Å²) >= 11 is 1.67. The van der Waals surface area contributed by atoms with Crippen molar-refractivity contribution in [2.24, 2.45) is 0 Å². The summed E-state index contributed by atoms with van der Waals surface area (Å²) in [5, 5.41) is 14.5. The number of aromatic nitrogens is 5. The minimum absolute atomic E-state index is 0.717. The number of hydrogen-bond acceptors (Lipinski definition) is 7. The fourth-order valence-corrected chi connectivity index (χ4v) is 4.83. The SMILES string of the molecule is Cc1ccc(-c2nnc(Nc3ccc(Sc4ccnc5cccnc45)cc3)c3ccccc23)cn1. The molecule has 0 radical (unpaired) electrons. The van der Waals surface area contributed by atoms with E-state index in [1.807, 2.05) is 73.9 Å². The molecule has 6 rings (SSSR count). The van der Waals surface area contributed by atoms with E-state index in [1.54, 1.807) is 18.0 Å². The molecule has 0 spiro atoms. The molecule has 0 aliphatic carbocycles. The number of anilines is 2. The number of pyridine rings is 3. The van der Waals surface area contributed by atoms with E-state index in [9.17, 15) is 0 Å². The molecule has 6 aromatic rings. The third-order valence-electron chi connectivity index (χ3n) is 5.68. The Labute approximate surface area is 206 Å². The molecule has 0 unspecified atom stereocenters. The van der Waals surface area contributed by atoms with Crippen LogP contribution >= 0.6 is 11.8 Å². The minimum Gasteiger partial charge on any atom is -0.338 e. The molecule has 0 atom stereocenters. The molecule has 0 saturated heterocycles. The molecule has 0 amide bonds. The summed E-state index contributed by atoms with van der Waals surface area (Å²) in [5.74, 6) is 0.717. The molecule has 1 N–H and O–H groups in total. The summed E-state index contributed by atoms with van der Waals surface area (Å²) < 4.78 is 0. The minimum atomic E-state index is 0.717. The van der Waals surface area contributed by atoms with Crippen molar-refractivity contribution < 1.29 is 0 Å². The van der Waals surface area contributed by atoms with Gasteiger partial charge >= 0.3 is 0 Å².